The Bertz CT molecular complexity index is 2090. The lowest BCUT2D eigenvalue weighted by molar-refractivity contribution is 0.339. The maximum absolute atomic E-state index is 12.6. The summed E-state index contributed by atoms with van der Waals surface area (Å²) in [4.78, 5) is 5.00. The summed E-state index contributed by atoms with van der Waals surface area (Å²) in [6.45, 7) is 0. The number of hydrogen-bond acceptors (Lipinski definition) is 4. The molecule has 0 unspecified atom stereocenters. The van der Waals surface area contributed by atoms with Crippen molar-refractivity contribution in [2.75, 3.05) is 4.31 Å². The number of aliphatic hydroxyl groups excluding tert-OH is 1. The summed E-state index contributed by atoms with van der Waals surface area (Å²) < 4.78 is 30.2. The van der Waals surface area contributed by atoms with Crippen molar-refractivity contribution in [3.05, 3.63) is 136 Å². The molecule has 1 saturated carbocycles. The van der Waals surface area contributed by atoms with Gasteiger partial charge in [0.05, 0.1) is 22.6 Å². The monoisotopic (exact) mass is 698 g/mol. The third-order valence-electron chi connectivity index (χ3n) is 9.22. The van der Waals surface area contributed by atoms with E-state index in [1.54, 1.807) is 30.3 Å². The first-order valence-electron chi connectivity index (χ1n) is 16.3. The van der Waals surface area contributed by atoms with Gasteiger partial charge < -0.3 is 9.67 Å². The first kappa shape index (κ1) is 32.3. The van der Waals surface area contributed by atoms with Crippen molar-refractivity contribution in [3.63, 3.8) is 0 Å². The number of imidazole rings is 1. The zero-order chi connectivity index (χ0) is 33.3. The van der Waals surface area contributed by atoms with E-state index in [9.17, 15) is 13.5 Å². The Morgan fingerprint density at radius 1 is 0.833 bits per heavy atom. The van der Waals surface area contributed by atoms with Crippen molar-refractivity contribution in [1.29, 1.82) is 0 Å². The number of halogens is 2. The van der Waals surface area contributed by atoms with Gasteiger partial charge in [-0.05, 0) is 77.4 Å². The molecule has 5 aromatic rings. The molecule has 0 radical (unpaired) electrons. The van der Waals surface area contributed by atoms with E-state index in [0.29, 0.717) is 33.5 Å². The lowest BCUT2D eigenvalue weighted by Crippen LogP contribution is -2.29. The van der Waals surface area contributed by atoms with Gasteiger partial charge in [0.25, 0.3) is 0 Å². The van der Waals surface area contributed by atoms with Gasteiger partial charge in [0.15, 0.2) is 0 Å². The van der Waals surface area contributed by atoms with Crippen LogP contribution in [0.5, 0.6) is 0 Å². The number of rotatable bonds is 9. The van der Waals surface area contributed by atoms with Gasteiger partial charge in [-0.15, -0.1) is 0 Å². The first-order chi connectivity index (χ1) is 23.2. The SMILES string of the molecule is O=S1(=O)NC(O)=CN1c1cccc(-n2cc(-c3ccc(Cl)cc3Cl)nc2Cc2ccc(-c3cccc(CCC4CCCCC4)c3)cc2)c1. The average Bonchev–Trinajstić information content (AvgIpc) is 3.63. The van der Waals surface area contributed by atoms with Crippen LogP contribution in [0.1, 0.15) is 55.5 Å². The van der Waals surface area contributed by atoms with Crippen LogP contribution in [0.4, 0.5) is 5.69 Å². The lowest BCUT2D eigenvalue weighted by atomic mass is 9.85. The van der Waals surface area contributed by atoms with Crippen LogP contribution in [0.3, 0.4) is 0 Å². The van der Waals surface area contributed by atoms with Crippen molar-refractivity contribution in [1.82, 2.24) is 14.3 Å². The number of aliphatic hydroxyl groups is 1. The summed E-state index contributed by atoms with van der Waals surface area (Å²) in [5.41, 5.74) is 7.29. The highest BCUT2D eigenvalue weighted by Crippen LogP contribution is 2.33. The highest BCUT2D eigenvalue weighted by atomic mass is 35.5. The summed E-state index contributed by atoms with van der Waals surface area (Å²) in [6, 6.07) is 29.8. The second kappa shape index (κ2) is 13.7. The van der Waals surface area contributed by atoms with Crippen molar-refractivity contribution >= 4 is 39.1 Å². The molecule has 0 atom stereocenters. The van der Waals surface area contributed by atoms with Gasteiger partial charge in [-0.3, -0.25) is 0 Å². The van der Waals surface area contributed by atoms with Gasteiger partial charge in [-0.25, -0.2) is 14.0 Å². The smallest absolute Gasteiger partial charge is 0.330 e. The van der Waals surface area contributed by atoms with E-state index in [-0.39, 0.29) is 0 Å². The predicted octanol–water partition coefficient (Wildman–Crippen LogP) is 9.63. The summed E-state index contributed by atoms with van der Waals surface area (Å²) in [5, 5.41) is 10.8. The van der Waals surface area contributed by atoms with Crippen molar-refractivity contribution in [2.24, 2.45) is 5.92 Å². The lowest BCUT2D eigenvalue weighted by Gasteiger charge is -2.21. The van der Waals surface area contributed by atoms with Crippen LogP contribution in [-0.2, 0) is 23.1 Å². The molecule has 0 saturated heterocycles. The van der Waals surface area contributed by atoms with E-state index in [2.05, 4.69) is 53.3 Å². The topological polar surface area (TPSA) is 87.5 Å². The number of hydrogen-bond donors (Lipinski definition) is 2. The molecule has 246 valence electrons. The predicted molar refractivity (Wildman–Crippen MR) is 194 cm³/mol. The summed E-state index contributed by atoms with van der Waals surface area (Å²) in [7, 11) is -3.95. The number of anilines is 1. The van der Waals surface area contributed by atoms with Crippen LogP contribution in [-0.4, -0.2) is 23.1 Å². The van der Waals surface area contributed by atoms with Crippen LogP contribution in [0, 0.1) is 5.92 Å². The fourth-order valence-corrected chi connectivity index (χ4v) is 8.28. The van der Waals surface area contributed by atoms with Crippen LogP contribution in [0.15, 0.2) is 109 Å². The highest BCUT2D eigenvalue weighted by Gasteiger charge is 2.29. The van der Waals surface area contributed by atoms with E-state index < -0.39 is 16.1 Å². The number of aryl methyl sites for hydroxylation is 1. The molecule has 48 heavy (non-hydrogen) atoms. The summed E-state index contributed by atoms with van der Waals surface area (Å²) in [6.07, 6.45) is 12.8. The molecule has 0 spiro atoms. The fraction of sp³-hybridized carbons (Fsp3) is 0.237. The Labute approximate surface area is 291 Å². The Balaban J connectivity index is 1.17. The Morgan fingerprint density at radius 3 is 2.35 bits per heavy atom. The van der Waals surface area contributed by atoms with Crippen LogP contribution >= 0.6 is 23.2 Å². The second-order valence-corrected chi connectivity index (χ2v) is 15.0. The number of benzene rings is 4. The van der Waals surface area contributed by atoms with E-state index in [0.717, 1.165) is 39.8 Å². The maximum atomic E-state index is 12.6. The standard InChI is InChI=1S/C38H36Cl2N4O3S/c39-31-18-19-34(35(40)22-31)36-24-43(32-10-5-11-33(23-32)44-25-38(45)42-48(44,46)47)37(41-36)21-28-14-16-29(17-15-28)30-9-4-8-27(20-30)13-12-26-6-2-1-3-7-26/h4-5,8-11,14-20,22-26,42,45H,1-3,6-7,12-13,21H2. The van der Waals surface area contributed by atoms with E-state index in [1.807, 2.05) is 22.9 Å². The number of nitrogens with one attached hydrogen (secondary N) is 1. The molecule has 2 heterocycles. The maximum Gasteiger partial charge on any atom is 0.330 e. The zero-order valence-corrected chi connectivity index (χ0v) is 28.6. The molecule has 1 aromatic heterocycles. The normalized spacial score (nSPS) is 16.1. The average molecular weight is 700 g/mol. The Hall–Kier alpha value is -4.24. The third-order valence-corrected chi connectivity index (χ3v) is 11.1. The van der Waals surface area contributed by atoms with Gasteiger partial charge in [-0.2, -0.15) is 8.42 Å². The molecule has 1 aliphatic heterocycles. The van der Waals surface area contributed by atoms with Gasteiger partial charge in [0.2, 0.25) is 5.88 Å². The van der Waals surface area contributed by atoms with Crippen molar-refractivity contribution in [3.8, 4) is 28.1 Å². The zero-order valence-electron chi connectivity index (χ0n) is 26.3. The van der Waals surface area contributed by atoms with Gasteiger partial charge in [0, 0.05) is 28.9 Å². The summed E-state index contributed by atoms with van der Waals surface area (Å²) >= 11 is 12.8. The molecule has 10 heteroatoms. The Kier molecular flexibility index (Phi) is 9.23. The van der Waals surface area contributed by atoms with E-state index in [4.69, 9.17) is 28.2 Å². The third kappa shape index (κ3) is 7.11. The van der Waals surface area contributed by atoms with Crippen LogP contribution < -0.4 is 9.03 Å². The molecule has 0 amide bonds. The quantitative estimate of drug-likeness (QED) is 0.160. The van der Waals surface area contributed by atoms with Crippen LogP contribution in [0.25, 0.3) is 28.1 Å². The van der Waals surface area contributed by atoms with E-state index >= 15 is 0 Å². The number of nitrogens with zero attached hydrogens (tertiary/aromatic N) is 3. The molecule has 4 aromatic carbocycles. The molecular formula is C38H36Cl2N4O3S. The molecule has 7 nitrogen and oxygen atoms in total. The fourth-order valence-electron chi connectivity index (χ4n) is 6.73. The molecule has 2 N–H and O–H groups in total. The minimum absolute atomic E-state index is 0.361. The van der Waals surface area contributed by atoms with Gasteiger partial charge >= 0.3 is 10.2 Å². The largest absolute Gasteiger partial charge is 0.493 e. The molecule has 1 fully saturated rings. The molecule has 7 rings (SSSR count). The van der Waals surface area contributed by atoms with Crippen LogP contribution in [0.2, 0.25) is 10.0 Å². The second-order valence-electron chi connectivity index (χ2n) is 12.6. The van der Waals surface area contributed by atoms with E-state index in [1.165, 1.54) is 55.2 Å². The summed E-state index contributed by atoms with van der Waals surface area (Å²) in [5.74, 6) is 1.16. The Morgan fingerprint density at radius 2 is 1.60 bits per heavy atom. The molecule has 2 aliphatic rings. The first-order valence-corrected chi connectivity index (χ1v) is 18.5. The minimum Gasteiger partial charge on any atom is -0.493 e. The molecular weight excluding hydrogens is 663 g/mol. The minimum atomic E-state index is -3.95. The van der Waals surface area contributed by atoms with Crippen molar-refractivity contribution in [2.45, 2.75) is 51.4 Å². The van der Waals surface area contributed by atoms with Gasteiger partial charge in [0.1, 0.15) is 5.82 Å². The molecule has 1 aliphatic carbocycles. The van der Waals surface area contributed by atoms with Crippen molar-refractivity contribution < 1.29 is 13.5 Å². The molecule has 0 bridgehead atoms. The highest BCUT2D eigenvalue weighted by molar-refractivity contribution is 7.91. The number of aromatic nitrogens is 2. The van der Waals surface area contributed by atoms with Gasteiger partial charge in [-0.1, -0.05) is 110 Å².